The molecular formula is C24H22FN3O3. The molecule has 1 spiro atoms. The van der Waals surface area contributed by atoms with Crippen LogP contribution in [0.25, 0.3) is 0 Å². The minimum Gasteiger partial charge on any atom is -0.310 e. The molecule has 0 N–H and O–H groups in total. The van der Waals surface area contributed by atoms with Gasteiger partial charge in [0.25, 0.3) is 5.91 Å². The van der Waals surface area contributed by atoms with Gasteiger partial charge in [0.05, 0.1) is 17.5 Å². The van der Waals surface area contributed by atoms with Crippen LogP contribution in [0.4, 0.5) is 15.8 Å². The Morgan fingerprint density at radius 2 is 1.71 bits per heavy atom. The van der Waals surface area contributed by atoms with Crippen molar-refractivity contribution in [1.29, 1.82) is 0 Å². The van der Waals surface area contributed by atoms with Crippen LogP contribution in [0, 0.1) is 17.7 Å². The number of carbonyl (C=O) groups is 3. The maximum absolute atomic E-state index is 14.6. The molecule has 3 fully saturated rings. The highest BCUT2D eigenvalue weighted by Crippen LogP contribution is 2.61. The maximum Gasteiger partial charge on any atom is 0.253 e. The standard InChI is InChI=1S/C24H22FN3O3/c1-2-26-16-10-5-3-8-14(16)24(23(26)31)20-19(18-12-7-13-27(18)24)21(29)28(22(20)30)17-11-6-4-9-15(17)25/h3-6,8-11,18-20H,2,7,12-13H2,1H3/t18-,19-,20+,24+/m1/s1. The number of amides is 3. The number of anilines is 2. The molecule has 6 nitrogen and oxygen atoms in total. The Kier molecular flexibility index (Phi) is 3.76. The molecule has 2 aromatic rings. The van der Waals surface area contributed by atoms with Crippen LogP contribution in [0.5, 0.6) is 0 Å². The molecule has 4 atom stereocenters. The van der Waals surface area contributed by atoms with Gasteiger partial charge in [0.15, 0.2) is 0 Å². The average molecular weight is 419 g/mol. The number of hydrogen-bond acceptors (Lipinski definition) is 4. The summed E-state index contributed by atoms with van der Waals surface area (Å²) in [5, 5.41) is 0. The molecule has 4 heterocycles. The van der Waals surface area contributed by atoms with Gasteiger partial charge in [0.2, 0.25) is 11.8 Å². The van der Waals surface area contributed by atoms with Crippen LogP contribution >= 0.6 is 0 Å². The van der Waals surface area contributed by atoms with E-state index in [0.29, 0.717) is 13.1 Å². The van der Waals surface area contributed by atoms with Crippen LogP contribution in [-0.2, 0) is 19.9 Å². The third kappa shape index (κ3) is 2.03. The van der Waals surface area contributed by atoms with Crippen LogP contribution in [0.2, 0.25) is 0 Å². The van der Waals surface area contributed by atoms with E-state index < -0.39 is 35.0 Å². The zero-order chi connectivity index (χ0) is 21.5. The largest absolute Gasteiger partial charge is 0.310 e. The maximum atomic E-state index is 14.6. The quantitative estimate of drug-likeness (QED) is 0.703. The monoisotopic (exact) mass is 419 g/mol. The molecule has 7 heteroatoms. The summed E-state index contributed by atoms with van der Waals surface area (Å²) in [4.78, 5) is 46.2. The van der Waals surface area contributed by atoms with Crippen LogP contribution < -0.4 is 9.80 Å². The second-order valence-electron chi connectivity index (χ2n) is 8.70. The first kappa shape index (κ1) is 18.7. The van der Waals surface area contributed by atoms with Crippen molar-refractivity contribution in [3.05, 3.63) is 59.9 Å². The zero-order valence-corrected chi connectivity index (χ0v) is 17.1. The van der Waals surface area contributed by atoms with Gasteiger partial charge in [-0.2, -0.15) is 0 Å². The van der Waals surface area contributed by atoms with E-state index in [2.05, 4.69) is 4.90 Å². The second-order valence-corrected chi connectivity index (χ2v) is 8.70. The molecule has 0 aromatic heterocycles. The molecule has 0 bridgehead atoms. The van der Waals surface area contributed by atoms with Gasteiger partial charge in [-0.25, -0.2) is 9.29 Å². The summed E-state index contributed by atoms with van der Waals surface area (Å²) in [6.07, 6.45) is 1.60. The Morgan fingerprint density at radius 1 is 1.00 bits per heavy atom. The Labute approximate surface area is 179 Å². The minimum atomic E-state index is -1.20. The number of rotatable bonds is 2. The number of para-hydroxylation sites is 2. The molecule has 31 heavy (non-hydrogen) atoms. The first-order valence-corrected chi connectivity index (χ1v) is 10.8. The summed E-state index contributed by atoms with van der Waals surface area (Å²) < 4.78 is 14.6. The van der Waals surface area contributed by atoms with Crippen molar-refractivity contribution < 1.29 is 18.8 Å². The molecule has 0 saturated carbocycles. The van der Waals surface area contributed by atoms with E-state index in [9.17, 15) is 18.8 Å². The Bertz CT molecular complexity index is 1150. The number of fused-ring (bicyclic) bond motifs is 7. The third-order valence-electron chi connectivity index (χ3n) is 7.55. The van der Waals surface area contributed by atoms with E-state index >= 15 is 0 Å². The molecule has 0 radical (unpaired) electrons. The van der Waals surface area contributed by atoms with Gasteiger partial charge in [-0.05, 0) is 44.5 Å². The van der Waals surface area contributed by atoms with Gasteiger partial charge in [0, 0.05) is 23.8 Å². The summed E-state index contributed by atoms with van der Waals surface area (Å²) in [7, 11) is 0. The molecule has 4 aliphatic heterocycles. The van der Waals surface area contributed by atoms with E-state index in [1.165, 1.54) is 18.2 Å². The fourth-order valence-corrected chi connectivity index (χ4v) is 6.52. The van der Waals surface area contributed by atoms with E-state index in [1.54, 1.807) is 11.0 Å². The van der Waals surface area contributed by atoms with Crippen molar-refractivity contribution in [2.24, 2.45) is 11.8 Å². The third-order valence-corrected chi connectivity index (χ3v) is 7.55. The summed E-state index contributed by atoms with van der Waals surface area (Å²) in [6, 6.07) is 13.2. The molecule has 3 amide bonds. The van der Waals surface area contributed by atoms with Gasteiger partial charge < -0.3 is 4.90 Å². The number of imide groups is 1. The van der Waals surface area contributed by atoms with Gasteiger partial charge in [-0.1, -0.05) is 30.3 Å². The lowest BCUT2D eigenvalue weighted by Gasteiger charge is -2.37. The topological polar surface area (TPSA) is 60.9 Å². The van der Waals surface area contributed by atoms with Crippen molar-refractivity contribution >= 4 is 29.1 Å². The Hall–Kier alpha value is -3.06. The van der Waals surface area contributed by atoms with Crippen molar-refractivity contribution in [3.63, 3.8) is 0 Å². The predicted molar refractivity (Wildman–Crippen MR) is 112 cm³/mol. The molecule has 0 unspecified atom stereocenters. The van der Waals surface area contributed by atoms with Gasteiger partial charge in [-0.3, -0.25) is 19.3 Å². The lowest BCUT2D eigenvalue weighted by Crippen LogP contribution is -2.56. The molecule has 4 aliphatic rings. The highest BCUT2D eigenvalue weighted by Gasteiger charge is 2.75. The highest BCUT2D eigenvalue weighted by atomic mass is 19.1. The van der Waals surface area contributed by atoms with Gasteiger partial charge in [-0.15, -0.1) is 0 Å². The fraction of sp³-hybridized carbons (Fsp3) is 0.375. The minimum absolute atomic E-state index is 0.0299. The van der Waals surface area contributed by atoms with Crippen molar-refractivity contribution in [2.75, 3.05) is 22.9 Å². The second kappa shape index (κ2) is 6.23. The first-order valence-electron chi connectivity index (χ1n) is 10.8. The van der Waals surface area contributed by atoms with Gasteiger partial charge >= 0.3 is 0 Å². The average Bonchev–Trinajstić information content (AvgIpc) is 3.47. The summed E-state index contributed by atoms with van der Waals surface area (Å²) in [5.74, 6) is -3.13. The van der Waals surface area contributed by atoms with E-state index in [-0.39, 0.29) is 17.6 Å². The normalized spacial score (nSPS) is 31.7. The van der Waals surface area contributed by atoms with Crippen LogP contribution in [-0.4, -0.2) is 41.8 Å². The van der Waals surface area contributed by atoms with Gasteiger partial charge in [0.1, 0.15) is 11.4 Å². The Morgan fingerprint density at radius 3 is 2.45 bits per heavy atom. The smallest absolute Gasteiger partial charge is 0.253 e. The lowest BCUT2D eigenvalue weighted by molar-refractivity contribution is -0.137. The molecular weight excluding hydrogens is 397 g/mol. The van der Waals surface area contributed by atoms with Crippen molar-refractivity contribution in [2.45, 2.75) is 31.3 Å². The Balaban J connectivity index is 1.59. The summed E-state index contributed by atoms with van der Waals surface area (Å²) >= 11 is 0. The molecule has 0 aliphatic carbocycles. The molecule has 2 aromatic carbocycles. The van der Waals surface area contributed by atoms with E-state index in [4.69, 9.17) is 0 Å². The molecule has 158 valence electrons. The van der Waals surface area contributed by atoms with Crippen LogP contribution in [0.15, 0.2) is 48.5 Å². The number of hydrogen-bond donors (Lipinski definition) is 0. The number of carbonyl (C=O) groups excluding carboxylic acids is 3. The van der Waals surface area contributed by atoms with E-state index in [1.807, 2.05) is 31.2 Å². The number of likely N-dealkylation sites (N-methyl/N-ethyl adjacent to an activating group) is 1. The SMILES string of the molecule is CCN1C(=O)[C@]2(c3ccccc31)[C@@H]1C(=O)N(c3ccccc3F)C(=O)[C@@H]1[C@H]1CCCN12. The highest BCUT2D eigenvalue weighted by molar-refractivity contribution is 6.26. The van der Waals surface area contributed by atoms with E-state index in [0.717, 1.165) is 29.0 Å². The van der Waals surface area contributed by atoms with Crippen LogP contribution in [0.1, 0.15) is 25.3 Å². The number of nitrogens with zero attached hydrogens (tertiary/aromatic N) is 3. The van der Waals surface area contributed by atoms with Crippen molar-refractivity contribution in [1.82, 2.24) is 4.90 Å². The number of benzene rings is 2. The number of halogens is 1. The molecule has 6 rings (SSSR count). The zero-order valence-electron chi connectivity index (χ0n) is 17.1. The summed E-state index contributed by atoms with van der Waals surface area (Å²) in [5.41, 5.74) is 0.354. The van der Waals surface area contributed by atoms with Crippen molar-refractivity contribution in [3.8, 4) is 0 Å². The van der Waals surface area contributed by atoms with Crippen LogP contribution in [0.3, 0.4) is 0 Å². The lowest BCUT2D eigenvalue weighted by atomic mass is 9.75. The predicted octanol–water partition coefficient (Wildman–Crippen LogP) is 2.67. The first-order chi connectivity index (χ1) is 15.0. The summed E-state index contributed by atoms with van der Waals surface area (Å²) in [6.45, 7) is 3.05. The molecule has 3 saturated heterocycles. The fourth-order valence-electron chi connectivity index (χ4n) is 6.52.